The summed E-state index contributed by atoms with van der Waals surface area (Å²) in [5.41, 5.74) is 5.10. The highest BCUT2D eigenvalue weighted by molar-refractivity contribution is 6.15. The van der Waals surface area contributed by atoms with Gasteiger partial charge in [0.2, 0.25) is 5.78 Å². The van der Waals surface area contributed by atoms with E-state index in [0.717, 1.165) is 42.9 Å². The van der Waals surface area contributed by atoms with Crippen LogP contribution in [0.4, 0.5) is 0 Å². The second-order valence-electron chi connectivity index (χ2n) is 10.1. The Morgan fingerprint density at radius 1 is 1.06 bits per heavy atom. The topological polar surface area (TPSA) is 71.8 Å². The predicted octanol–water partition coefficient (Wildman–Crippen LogP) is 4.41. The number of aryl methyl sites for hydroxylation is 2. The molecule has 6 heteroatoms. The smallest absolute Gasteiger partial charge is 0.250 e. The van der Waals surface area contributed by atoms with Gasteiger partial charge in [-0.1, -0.05) is 35.9 Å². The number of aromatic nitrogens is 1. The Morgan fingerprint density at radius 3 is 2.66 bits per heavy atom. The first-order chi connectivity index (χ1) is 16.9. The van der Waals surface area contributed by atoms with Gasteiger partial charge in [-0.05, 0) is 55.5 Å². The third-order valence-electron chi connectivity index (χ3n) is 7.53. The molecule has 0 amide bonds. The number of carbonyl (C=O) groups excluding carboxylic acids is 1. The van der Waals surface area contributed by atoms with E-state index in [2.05, 4.69) is 11.0 Å². The first-order valence-corrected chi connectivity index (χ1v) is 12.2. The minimum absolute atomic E-state index is 0.0689. The molecule has 6 nitrogen and oxygen atoms in total. The van der Waals surface area contributed by atoms with Crippen molar-refractivity contribution >= 4 is 11.9 Å². The summed E-state index contributed by atoms with van der Waals surface area (Å²) in [6, 6.07) is 15.1. The highest BCUT2D eigenvalue weighted by Crippen LogP contribution is 2.43. The zero-order chi connectivity index (χ0) is 24.3. The number of ketones is 1. The molecule has 0 radical (unpaired) electrons. The van der Waals surface area contributed by atoms with Crippen LogP contribution in [0.1, 0.15) is 50.6 Å². The van der Waals surface area contributed by atoms with Crippen LogP contribution >= 0.6 is 0 Å². The molecular formula is C29H28N2O4. The summed E-state index contributed by atoms with van der Waals surface area (Å²) in [5, 5.41) is 10.9. The number of ether oxygens (including phenoxy) is 1. The lowest BCUT2D eigenvalue weighted by molar-refractivity contribution is 0.101. The molecule has 3 aliphatic heterocycles. The summed E-state index contributed by atoms with van der Waals surface area (Å²) in [6.07, 6.45) is 2.83. The van der Waals surface area contributed by atoms with Crippen molar-refractivity contribution in [2.45, 2.75) is 39.3 Å². The van der Waals surface area contributed by atoms with E-state index in [4.69, 9.17) is 4.74 Å². The number of piperidine rings is 1. The van der Waals surface area contributed by atoms with Crippen molar-refractivity contribution in [3.05, 3.63) is 98.2 Å². The van der Waals surface area contributed by atoms with E-state index in [1.807, 2.05) is 48.7 Å². The van der Waals surface area contributed by atoms with E-state index < -0.39 is 0 Å². The van der Waals surface area contributed by atoms with Crippen molar-refractivity contribution in [2.24, 2.45) is 5.92 Å². The van der Waals surface area contributed by atoms with Gasteiger partial charge in [-0.25, -0.2) is 0 Å². The molecule has 178 valence electrons. The van der Waals surface area contributed by atoms with Gasteiger partial charge in [-0.2, -0.15) is 0 Å². The summed E-state index contributed by atoms with van der Waals surface area (Å²) >= 11 is 0. The van der Waals surface area contributed by atoms with E-state index in [-0.39, 0.29) is 28.8 Å². The third kappa shape index (κ3) is 3.78. The lowest BCUT2D eigenvalue weighted by Crippen LogP contribution is -2.46. The van der Waals surface area contributed by atoms with Crippen molar-refractivity contribution < 1.29 is 14.6 Å². The Kier molecular flexibility index (Phi) is 5.15. The fraction of sp³-hybridized carbons (Fsp3) is 0.310. The number of likely N-dealkylation sites (tertiary alicyclic amines) is 1. The Balaban J connectivity index is 1.31. The molecular weight excluding hydrogens is 440 g/mol. The quantitative estimate of drug-likeness (QED) is 0.577. The number of Topliss-reactive ketones (excluding diaryl/α,β-unsaturated/α-hetero) is 1. The van der Waals surface area contributed by atoms with Crippen LogP contribution in [0.25, 0.3) is 6.08 Å². The zero-order valence-corrected chi connectivity index (χ0v) is 20.0. The van der Waals surface area contributed by atoms with Crippen LogP contribution < -0.4 is 10.3 Å². The van der Waals surface area contributed by atoms with Crippen LogP contribution in [0.5, 0.6) is 11.5 Å². The number of allylic oxidation sites excluding steroid dienone is 1. The summed E-state index contributed by atoms with van der Waals surface area (Å²) in [5.74, 6) is 1.40. The molecule has 1 aromatic heterocycles. The molecule has 6 rings (SSSR count). The normalized spacial score (nSPS) is 22.1. The lowest BCUT2D eigenvalue weighted by Gasteiger charge is -2.43. The van der Waals surface area contributed by atoms with E-state index >= 15 is 0 Å². The average molecular weight is 469 g/mol. The molecule has 0 saturated carbocycles. The molecule has 2 atom stereocenters. The largest absolute Gasteiger partial charge is 0.507 e. The highest BCUT2D eigenvalue weighted by Gasteiger charge is 2.37. The number of pyridine rings is 1. The number of hydrogen-bond acceptors (Lipinski definition) is 5. The van der Waals surface area contributed by atoms with Crippen LogP contribution in [0.3, 0.4) is 0 Å². The summed E-state index contributed by atoms with van der Waals surface area (Å²) in [6.45, 7) is 6.69. The minimum Gasteiger partial charge on any atom is -0.507 e. The van der Waals surface area contributed by atoms with Gasteiger partial charge in [-0.15, -0.1) is 0 Å². The second-order valence-corrected chi connectivity index (χ2v) is 10.1. The molecule has 3 aromatic rings. The fourth-order valence-corrected chi connectivity index (χ4v) is 5.90. The first-order valence-electron chi connectivity index (χ1n) is 12.2. The van der Waals surface area contributed by atoms with Gasteiger partial charge >= 0.3 is 0 Å². The molecule has 0 spiro atoms. The monoisotopic (exact) mass is 468 g/mol. The number of hydrogen-bond donors (Lipinski definition) is 1. The average Bonchev–Trinajstić information content (AvgIpc) is 3.15. The number of phenolic OH excluding ortho intramolecular Hbond substituents is 1. The molecule has 1 N–H and O–H groups in total. The standard InChI is InChI=1S/C29H28N2O4/c1-17-6-8-19(9-7-17)12-25-28(34)27-18(2)10-24(32)22(29(27)35-25)16-30-13-20-11-21(15-30)23-4-3-5-26(33)31(23)14-20/h3-10,12,20-21,32H,11,13-16H2,1-2H3/b25-12-/t20-,21+/m1/s1. The van der Waals surface area contributed by atoms with Crippen LogP contribution in [0.15, 0.2) is 59.1 Å². The Morgan fingerprint density at radius 2 is 1.86 bits per heavy atom. The van der Waals surface area contributed by atoms with E-state index in [1.165, 1.54) is 0 Å². The Bertz CT molecular complexity index is 1430. The number of benzene rings is 2. The molecule has 1 saturated heterocycles. The maximum atomic E-state index is 13.3. The van der Waals surface area contributed by atoms with E-state index in [0.29, 0.717) is 34.9 Å². The van der Waals surface area contributed by atoms with Crippen molar-refractivity contribution in [3.63, 3.8) is 0 Å². The maximum Gasteiger partial charge on any atom is 0.250 e. The van der Waals surface area contributed by atoms with Crippen molar-refractivity contribution in [3.8, 4) is 11.5 Å². The number of phenols is 1. The molecule has 1 fully saturated rings. The Hall–Kier alpha value is -3.64. The van der Waals surface area contributed by atoms with Crippen LogP contribution in [-0.2, 0) is 13.1 Å². The summed E-state index contributed by atoms with van der Waals surface area (Å²) < 4.78 is 8.05. The number of fused-ring (bicyclic) bond motifs is 5. The third-order valence-corrected chi connectivity index (χ3v) is 7.53. The van der Waals surface area contributed by atoms with Crippen molar-refractivity contribution in [1.82, 2.24) is 9.47 Å². The number of nitrogens with zero attached hydrogens (tertiary/aromatic N) is 2. The Labute approximate surface area is 204 Å². The lowest BCUT2D eigenvalue weighted by atomic mass is 9.83. The van der Waals surface area contributed by atoms with Gasteiger partial charge in [0.05, 0.1) is 11.1 Å². The molecule has 3 aliphatic rings. The molecule has 2 aromatic carbocycles. The molecule has 0 aliphatic carbocycles. The highest BCUT2D eigenvalue weighted by atomic mass is 16.5. The molecule has 4 heterocycles. The van der Waals surface area contributed by atoms with E-state index in [9.17, 15) is 14.7 Å². The predicted molar refractivity (Wildman–Crippen MR) is 134 cm³/mol. The first kappa shape index (κ1) is 21.9. The van der Waals surface area contributed by atoms with Crippen molar-refractivity contribution in [2.75, 3.05) is 13.1 Å². The molecule has 0 unspecified atom stereocenters. The molecule has 35 heavy (non-hydrogen) atoms. The molecule has 2 bridgehead atoms. The van der Waals surface area contributed by atoms with Gasteiger partial charge in [0.1, 0.15) is 11.5 Å². The van der Waals surface area contributed by atoms with Crippen LogP contribution in [0.2, 0.25) is 0 Å². The number of aromatic hydroxyl groups is 1. The summed E-state index contributed by atoms with van der Waals surface area (Å²) in [7, 11) is 0. The second kappa shape index (κ2) is 8.24. The maximum absolute atomic E-state index is 13.3. The van der Waals surface area contributed by atoms with Crippen LogP contribution in [0, 0.1) is 19.8 Å². The number of rotatable bonds is 3. The van der Waals surface area contributed by atoms with Gasteiger partial charge < -0.3 is 14.4 Å². The van der Waals surface area contributed by atoms with Gasteiger partial charge in [0.15, 0.2) is 5.76 Å². The van der Waals surface area contributed by atoms with Gasteiger partial charge in [-0.3, -0.25) is 14.5 Å². The summed E-state index contributed by atoms with van der Waals surface area (Å²) in [4.78, 5) is 27.9. The minimum atomic E-state index is -0.150. The van der Waals surface area contributed by atoms with Crippen molar-refractivity contribution in [1.29, 1.82) is 0 Å². The van der Waals surface area contributed by atoms with Gasteiger partial charge in [0, 0.05) is 43.9 Å². The van der Waals surface area contributed by atoms with Crippen LogP contribution in [-0.4, -0.2) is 33.4 Å². The number of carbonyl (C=O) groups is 1. The fourth-order valence-electron chi connectivity index (χ4n) is 5.90. The SMILES string of the molecule is Cc1ccc(/C=C2\Oc3c(CN4C[C@H]5C[C@@H](C4)c4cccc(=O)n4C5)c(O)cc(C)c3C2=O)cc1. The van der Waals surface area contributed by atoms with E-state index in [1.54, 1.807) is 18.2 Å². The van der Waals surface area contributed by atoms with Gasteiger partial charge in [0.25, 0.3) is 5.56 Å². The zero-order valence-electron chi connectivity index (χ0n) is 20.0.